The normalized spacial score (nSPS) is 11.1. The molecule has 1 aromatic heterocycles. The Morgan fingerprint density at radius 2 is 1.84 bits per heavy atom. The Morgan fingerprint density at radius 1 is 1.16 bits per heavy atom. The SMILES string of the molecule is CCN(CC)CCc1noc(-c2ccc(N)cc2)n1. The van der Waals surface area contributed by atoms with Crippen LogP contribution in [0.3, 0.4) is 0 Å². The minimum absolute atomic E-state index is 0.551. The maximum atomic E-state index is 5.65. The van der Waals surface area contributed by atoms with Crippen LogP contribution < -0.4 is 5.73 Å². The van der Waals surface area contributed by atoms with Crippen LogP contribution in [0.4, 0.5) is 5.69 Å². The van der Waals surface area contributed by atoms with E-state index in [1.165, 1.54) is 0 Å². The minimum Gasteiger partial charge on any atom is -0.399 e. The summed E-state index contributed by atoms with van der Waals surface area (Å²) < 4.78 is 5.27. The van der Waals surface area contributed by atoms with Crippen molar-refractivity contribution in [3.63, 3.8) is 0 Å². The molecule has 5 nitrogen and oxygen atoms in total. The molecule has 0 fully saturated rings. The third kappa shape index (κ3) is 3.54. The predicted molar refractivity (Wildman–Crippen MR) is 75.6 cm³/mol. The van der Waals surface area contributed by atoms with E-state index >= 15 is 0 Å². The Balaban J connectivity index is 2.01. The van der Waals surface area contributed by atoms with Gasteiger partial charge in [-0.1, -0.05) is 19.0 Å². The number of nitrogen functional groups attached to an aromatic ring is 1. The van der Waals surface area contributed by atoms with Crippen molar-refractivity contribution >= 4 is 5.69 Å². The van der Waals surface area contributed by atoms with Crippen molar-refractivity contribution in [1.29, 1.82) is 0 Å². The first kappa shape index (κ1) is 13.5. The summed E-state index contributed by atoms with van der Waals surface area (Å²) in [6.45, 7) is 7.34. The summed E-state index contributed by atoms with van der Waals surface area (Å²) in [7, 11) is 0. The van der Waals surface area contributed by atoms with Crippen molar-refractivity contribution in [2.24, 2.45) is 0 Å². The Morgan fingerprint density at radius 3 is 2.47 bits per heavy atom. The number of nitrogens with two attached hydrogens (primary N) is 1. The number of hydrogen-bond donors (Lipinski definition) is 1. The van der Waals surface area contributed by atoms with E-state index in [1.807, 2.05) is 24.3 Å². The summed E-state index contributed by atoms with van der Waals surface area (Å²) in [5.41, 5.74) is 7.28. The number of nitrogens with zero attached hydrogens (tertiary/aromatic N) is 3. The number of benzene rings is 1. The summed E-state index contributed by atoms with van der Waals surface area (Å²) in [5.74, 6) is 1.30. The first-order valence-electron chi connectivity index (χ1n) is 6.63. The molecule has 2 N–H and O–H groups in total. The molecule has 0 saturated heterocycles. The van der Waals surface area contributed by atoms with E-state index in [9.17, 15) is 0 Å². The summed E-state index contributed by atoms with van der Waals surface area (Å²) in [5, 5.41) is 4.01. The van der Waals surface area contributed by atoms with Crippen molar-refractivity contribution in [1.82, 2.24) is 15.0 Å². The Hall–Kier alpha value is -1.88. The van der Waals surface area contributed by atoms with Crippen molar-refractivity contribution in [2.45, 2.75) is 20.3 Å². The molecule has 0 spiro atoms. The molecule has 0 aliphatic carbocycles. The van der Waals surface area contributed by atoms with Gasteiger partial charge in [0.1, 0.15) is 0 Å². The summed E-state index contributed by atoms with van der Waals surface area (Å²) in [4.78, 5) is 6.74. The molecule has 0 atom stereocenters. The molecule has 1 heterocycles. The lowest BCUT2D eigenvalue weighted by Crippen LogP contribution is -2.25. The molecule has 0 radical (unpaired) electrons. The molecular formula is C14H20N4O. The molecule has 0 saturated carbocycles. The first-order chi connectivity index (χ1) is 9.22. The van der Waals surface area contributed by atoms with Gasteiger partial charge in [0.25, 0.3) is 5.89 Å². The first-order valence-corrected chi connectivity index (χ1v) is 6.63. The molecule has 1 aromatic carbocycles. The smallest absolute Gasteiger partial charge is 0.257 e. The molecule has 2 aromatic rings. The third-order valence-corrected chi connectivity index (χ3v) is 3.17. The second kappa shape index (κ2) is 6.33. The Bertz CT molecular complexity index is 502. The van der Waals surface area contributed by atoms with E-state index in [-0.39, 0.29) is 0 Å². The lowest BCUT2D eigenvalue weighted by atomic mass is 10.2. The number of aromatic nitrogens is 2. The highest BCUT2D eigenvalue weighted by atomic mass is 16.5. The summed E-state index contributed by atoms with van der Waals surface area (Å²) >= 11 is 0. The van der Waals surface area contributed by atoms with E-state index in [2.05, 4.69) is 28.9 Å². The standard InChI is InChI=1S/C14H20N4O/c1-3-18(4-2)10-9-13-16-14(19-17-13)11-5-7-12(15)8-6-11/h5-8H,3-4,9-10,15H2,1-2H3. The third-order valence-electron chi connectivity index (χ3n) is 3.17. The zero-order chi connectivity index (χ0) is 13.7. The largest absolute Gasteiger partial charge is 0.399 e. The highest BCUT2D eigenvalue weighted by Crippen LogP contribution is 2.18. The number of anilines is 1. The van der Waals surface area contributed by atoms with Gasteiger partial charge in [0.2, 0.25) is 0 Å². The van der Waals surface area contributed by atoms with Gasteiger partial charge < -0.3 is 15.2 Å². The van der Waals surface area contributed by atoms with Gasteiger partial charge in [0.05, 0.1) is 0 Å². The quantitative estimate of drug-likeness (QED) is 0.806. The van der Waals surface area contributed by atoms with Crippen LogP contribution in [0, 0.1) is 0 Å². The molecule has 19 heavy (non-hydrogen) atoms. The lowest BCUT2D eigenvalue weighted by molar-refractivity contribution is 0.303. The van der Waals surface area contributed by atoms with Crippen LogP contribution in [-0.2, 0) is 6.42 Å². The van der Waals surface area contributed by atoms with Gasteiger partial charge in [-0.15, -0.1) is 0 Å². The molecule has 0 aliphatic heterocycles. The van der Waals surface area contributed by atoms with E-state index in [0.717, 1.165) is 43.1 Å². The van der Waals surface area contributed by atoms with Gasteiger partial charge in [0.15, 0.2) is 5.82 Å². The van der Waals surface area contributed by atoms with Gasteiger partial charge in [-0.05, 0) is 37.4 Å². The van der Waals surface area contributed by atoms with Crippen LogP contribution in [0.5, 0.6) is 0 Å². The number of hydrogen-bond acceptors (Lipinski definition) is 5. The zero-order valence-electron chi connectivity index (χ0n) is 11.5. The molecular weight excluding hydrogens is 240 g/mol. The second-order valence-electron chi connectivity index (χ2n) is 4.41. The Kier molecular flexibility index (Phi) is 4.52. The second-order valence-corrected chi connectivity index (χ2v) is 4.41. The summed E-state index contributed by atoms with van der Waals surface area (Å²) in [6.07, 6.45) is 0.806. The molecule has 5 heteroatoms. The van der Waals surface area contributed by atoms with Gasteiger partial charge in [0, 0.05) is 24.2 Å². The van der Waals surface area contributed by atoms with Gasteiger partial charge >= 0.3 is 0 Å². The fourth-order valence-electron chi connectivity index (χ4n) is 1.90. The maximum Gasteiger partial charge on any atom is 0.257 e. The fraction of sp³-hybridized carbons (Fsp3) is 0.429. The summed E-state index contributed by atoms with van der Waals surface area (Å²) in [6, 6.07) is 7.43. The van der Waals surface area contributed by atoms with Crippen LogP contribution in [0.25, 0.3) is 11.5 Å². The van der Waals surface area contributed by atoms with Crippen LogP contribution >= 0.6 is 0 Å². The predicted octanol–water partition coefficient (Wildman–Crippen LogP) is 2.20. The van der Waals surface area contributed by atoms with E-state index < -0.39 is 0 Å². The fourth-order valence-corrected chi connectivity index (χ4v) is 1.90. The van der Waals surface area contributed by atoms with Crippen LogP contribution in [0.15, 0.2) is 28.8 Å². The van der Waals surface area contributed by atoms with Crippen molar-refractivity contribution in [3.8, 4) is 11.5 Å². The van der Waals surface area contributed by atoms with Crippen molar-refractivity contribution < 1.29 is 4.52 Å². The molecule has 0 amide bonds. The lowest BCUT2D eigenvalue weighted by Gasteiger charge is -2.16. The van der Waals surface area contributed by atoms with Crippen molar-refractivity contribution in [3.05, 3.63) is 30.1 Å². The van der Waals surface area contributed by atoms with Gasteiger partial charge in [-0.25, -0.2) is 0 Å². The average Bonchev–Trinajstić information content (AvgIpc) is 2.89. The highest BCUT2D eigenvalue weighted by molar-refractivity contribution is 5.56. The molecule has 0 bridgehead atoms. The minimum atomic E-state index is 0.551. The molecule has 0 aliphatic rings. The van der Waals surface area contributed by atoms with Crippen LogP contribution in [0.1, 0.15) is 19.7 Å². The van der Waals surface area contributed by atoms with E-state index in [0.29, 0.717) is 5.89 Å². The maximum absolute atomic E-state index is 5.65. The zero-order valence-corrected chi connectivity index (χ0v) is 11.5. The highest BCUT2D eigenvalue weighted by Gasteiger charge is 2.09. The van der Waals surface area contributed by atoms with E-state index in [4.69, 9.17) is 10.3 Å². The van der Waals surface area contributed by atoms with Gasteiger partial charge in [-0.3, -0.25) is 0 Å². The van der Waals surface area contributed by atoms with Crippen molar-refractivity contribution in [2.75, 3.05) is 25.4 Å². The van der Waals surface area contributed by atoms with E-state index in [1.54, 1.807) is 0 Å². The van der Waals surface area contributed by atoms with Crippen LogP contribution in [-0.4, -0.2) is 34.7 Å². The number of likely N-dealkylation sites (N-methyl/N-ethyl adjacent to an activating group) is 1. The van der Waals surface area contributed by atoms with Gasteiger partial charge in [-0.2, -0.15) is 4.98 Å². The van der Waals surface area contributed by atoms with Crippen LogP contribution in [0.2, 0.25) is 0 Å². The average molecular weight is 260 g/mol. The monoisotopic (exact) mass is 260 g/mol. The Labute approximate surface area is 113 Å². The molecule has 102 valence electrons. The molecule has 2 rings (SSSR count). The number of rotatable bonds is 6. The topological polar surface area (TPSA) is 68.2 Å². The molecule has 0 unspecified atom stereocenters.